The lowest BCUT2D eigenvalue weighted by atomic mass is 10.2. The highest BCUT2D eigenvalue weighted by molar-refractivity contribution is 5.89. The Hall–Kier alpha value is -3.09. The van der Waals surface area contributed by atoms with Crippen molar-refractivity contribution in [2.75, 3.05) is 0 Å². The van der Waals surface area contributed by atoms with Crippen LogP contribution < -0.4 is 0 Å². The average Bonchev–Trinajstić information content (AvgIpc) is 3.12. The molecular formula is C16H13FN6. The Morgan fingerprint density at radius 1 is 1.22 bits per heavy atom. The van der Waals surface area contributed by atoms with Crippen LogP contribution in [0.3, 0.4) is 0 Å². The summed E-state index contributed by atoms with van der Waals surface area (Å²) in [5.41, 5.74) is 2.23. The Bertz CT molecular complexity index is 987. The number of nitrogens with zero attached hydrogens (tertiary/aromatic N) is 5. The Morgan fingerprint density at radius 3 is 2.91 bits per heavy atom. The number of hydrogen-bond donors (Lipinski definition) is 1. The highest BCUT2D eigenvalue weighted by atomic mass is 19.1. The minimum Gasteiger partial charge on any atom is -0.258 e. The smallest absolute Gasteiger partial charge is 0.177 e. The molecule has 23 heavy (non-hydrogen) atoms. The van der Waals surface area contributed by atoms with E-state index in [0.717, 1.165) is 16.6 Å². The lowest BCUT2D eigenvalue weighted by Crippen LogP contribution is -2.03. The van der Waals surface area contributed by atoms with Gasteiger partial charge in [-0.15, -0.1) is 0 Å². The van der Waals surface area contributed by atoms with Gasteiger partial charge in [-0.2, -0.15) is 10.2 Å². The van der Waals surface area contributed by atoms with Crippen molar-refractivity contribution in [3.05, 3.63) is 59.8 Å². The number of rotatable bonds is 3. The molecule has 0 atom stereocenters. The first-order valence-corrected chi connectivity index (χ1v) is 7.16. The first kappa shape index (κ1) is 13.6. The number of pyridine rings is 1. The van der Waals surface area contributed by atoms with E-state index in [1.54, 1.807) is 16.9 Å². The Kier molecular flexibility index (Phi) is 3.11. The molecule has 0 fully saturated rings. The summed E-state index contributed by atoms with van der Waals surface area (Å²) in [6.07, 6.45) is 1.71. The maximum Gasteiger partial charge on any atom is 0.177 e. The minimum absolute atomic E-state index is 0.266. The molecule has 3 aromatic heterocycles. The van der Waals surface area contributed by atoms with Crippen LogP contribution in [-0.4, -0.2) is 29.9 Å². The topological polar surface area (TPSA) is 72.3 Å². The van der Waals surface area contributed by atoms with Gasteiger partial charge in [0.15, 0.2) is 11.5 Å². The fraction of sp³-hybridized carbons (Fsp3) is 0.125. The quantitative estimate of drug-likeness (QED) is 0.631. The van der Waals surface area contributed by atoms with Gasteiger partial charge in [-0.25, -0.2) is 19.0 Å². The second-order valence-electron chi connectivity index (χ2n) is 5.24. The molecule has 0 spiro atoms. The van der Waals surface area contributed by atoms with Crippen LogP contribution in [-0.2, 0) is 6.54 Å². The monoisotopic (exact) mass is 308 g/mol. The third kappa shape index (κ3) is 2.46. The summed E-state index contributed by atoms with van der Waals surface area (Å²) in [5.74, 6) is 0.980. The first-order valence-electron chi connectivity index (χ1n) is 7.16. The maximum atomic E-state index is 13.4. The fourth-order valence-electron chi connectivity index (χ4n) is 2.55. The van der Waals surface area contributed by atoms with Gasteiger partial charge in [0.25, 0.3) is 0 Å². The van der Waals surface area contributed by atoms with Crippen LogP contribution in [0.1, 0.15) is 11.4 Å². The number of aromatic nitrogens is 6. The molecule has 0 bridgehead atoms. The zero-order chi connectivity index (χ0) is 15.8. The molecule has 0 saturated heterocycles. The van der Waals surface area contributed by atoms with Gasteiger partial charge in [0.05, 0.1) is 11.9 Å². The van der Waals surface area contributed by atoms with E-state index >= 15 is 0 Å². The van der Waals surface area contributed by atoms with Crippen molar-refractivity contribution < 1.29 is 4.39 Å². The molecule has 114 valence electrons. The van der Waals surface area contributed by atoms with Crippen LogP contribution in [0.2, 0.25) is 0 Å². The van der Waals surface area contributed by atoms with Gasteiger partial charge in [0.1, 0.15) is 17.3 Å². The van der Waals surface area contributed by atoms with E-state index in [0.29, 0.717) is 23.9 Å². The van der Waals surface area contributed by atoms with Gasteiger partial charge in [-0.1, -0.05) is 12.1 Å². The number of aromatic amines is 1. The molecule has 4 rings (SSSR count). The number of fused-ring (bicyclic) bond motifs is 1. The summed E-state index contributed by atoms with van der Waals surface area (Å²) in [7, 11) is 0. The first-order chi connectivity index (χ1) is 11.2. The second-order valence-corrected chi connectivity index (χ2v) is 5.24. The summed E-state index contributed by atoms with van der Waals surface area (Å²) < 4.78 is 15.1. The molecule has 1 N–H and O–H groups in total. The number of benzene rings is 1. The van der Waals surface area contributed by atoms with Crippen LogP contribution in [0, 0.1) is 12.7 Å². The molecule has 0 saturated carbocycles. The van der Waals surface area contributed by atoms with Crippen LogP contribution in [0.25, 0.3) is 22.6 Å². The van der Waals surface area contributed by atoms with Crippen LogP contribution >= 0.6 is 0 Å². The zero-order valence-corrected chi connectivity index (χ0v) is 12.4. The van der Waals surface area contributed by atoms with E-state index in [-0.39, 0.29) is 5.82 Å². The molecular weight excluding hydrogens is 295 g/mol. The van der Waals surface area contributed by atoms with Crippen molar-refractivity contribution in [3.8, 4) is 11.5 Å². The van der Waals surface area contributed by atoms with Crippen LogP contribution in [0.4, 0.5) is 4.39 Å². The van der Waals surface area contributed by atoms with E-state index in [9.17, 15) is 4.39 Å². The Balaban J connectivity index is 1.84. The maximum absolute atomic E-state index is 13.4. The van der Waals surface area contributed by atoms with Gasteiger partial charge in [-0.3, -0.25) is 5.10 Å². The van der Waals surface area contributed by atoms with E-state index in [4.69, 9.17) is 0 Å². The van der Waals surface area contributed by atoms with Gasteiger partial charge in [0, 0.05) is 6.20 Å². The number of hydrogen-bond acceptors (Lipinski definition) is 4. The molecule has 0 aliphatic heterocycles. The van der Waals surface area contributed by atoms with Gasteiger partial charge < -0.3 is 0 Å². The highest BCUT2D eigenvalue weighted by Gasteiger charge is 2.16. The standard InChI is InChI=1S/C16H13FN6/c1-10-19-15(21-20-10)14-13-6-3-7-18-16(13)23(22-14)9-11-4-2-5-12(17)8-11/h2-8H,9H2,1H3,(H,19,20,21). The summed E-state index contributed by atoms with van der Waals surface area (Å²) in [6, 6.07) is 10.2. The van der Waals surface area contributed by atoms with Gasteiger partial charge in [-0.05, 0) is 36.8 Å². The van der Waals surface area contributed by atoms with Crippen molar-refractivity contribution in [2.45, 2.75) is 13.5 Å². The third-order valence-electron chi connectivity index (χ3n) is 3.55. The molecule has 3 heterocycles. The van der Waals surface area contributed by atoms with Crippen molar-refractivity contribution in [1.82, 2.24) is 29.9 Å². The lowest BCUT2D eigenvalue weighted by molar-refractivity contribution is 0.621. The fourth-order valence-corrected chi connectivity index (χ4v) is 2.55. The lowest BCUT2D eigenvalue weighted by Gasteiger charge is -2.03. The number of H-pyrrole nitrogens is 1. The predicted octanol–water partition coefficient (Wildman–Crippen LogP) is 2.71. The molecule has 1 aromatic carbocycles. The SMILES string of the molecule is Cc1n[nH]c(-c2nn(Cc3cccc(F)c3)c3ncccc23)n1. The number of nitrogens with one attached hydrogen (secondary N) is 1. The Morgan fingerprint density at radius 2 is 2.13 bits per heavy atom. The molecule has 0 radical (unpaired) electrons. The molecule has 0 amide bonds. The zero-order valence-electron chi connectivity index (χ0n) is 12.4. The largest absolute Gasteiger partial charge is 0.258 e. The molecule has 6 nitrogen and oxygen atoms in total. The normalized spacial score (nSPS) is 11.2. The number of aryl methyl sites for hydroxylation is 1. The predicted molar refractivity (Wildman–Crippen MR) is 83.1 cm³/mol. The van der Waals surface area contributed by atoms with E-state index in [2.05, 4.69) is 25.3 Å². The van der Waals surface area contributed by atoms with Gasteiger partial charge in [0.2, 0.25) is 0 Å². The number of halogens is 1. The minimum atomic E-state index is -0.266. The molecule has 7 heteroatoms. The van der Waals surface area contributed by atoms with Crippen molar-refractivity contribution in [2.24, 2.45) is 0 Å². The van der Waals surface area contributed by atoms with Crippen molar-refractivity contribution >= 4 is 11.0 Å². The van der Waals surface area contributed by atoms with E-state index in [1.165, 1.54) is 12.1 Å². The summed E-state index contributed by atoms with van der Waals surface area (Å²) in [5, 5.41) is 12.4. The van der Waals surface area contributed by atoms with Crippen molar-refractivity contribution in [3.63, 3.8) is 0 Å². The van der Waals surface area contributed by atoms with Gasteiger partial charge >= 0.3 is 0 Å². The molecule has 0 aliphatic carbocycles. The van der Waals surface area contributed by atoms with Crippen LogP contribution in [0.5, 0.6) is 0 Å². The average molecular weight is 308 g/mol. The summed E-state index contributed by atoms with van der Waals surface area (Å²) in [6.45, 7) is 2.24. The Labute approximate surface area is 131 Å². The summed E-state index contributed by atoms with van der Waals surface area (Å²) in [4.78, 5) is 8.73. The van der Waals surface area contributed by atoms with Crippen molar-refractivity contribution in [1.29, 1.82) is 0 Å². The van der Waals surface area contributed by atoms with E-state index < -0.39 is 0 Å². The molecule has 0 unspecified atom stereocenters. The molecule has 4 aromatic rings. The van der Waals surface area contributed by atoms with Crippen LogP contribution in [0.15, 0.2) is 42.6 Å². The highest BCUT2D eigenvalue weighted by Crippen LogP contribution is 2.24. The third-order valence-corrected chi connectivity index (χ3v) is 3.55. The molecule has 0 aliphatic rings. The van der Waals surface area contributed by atoms with E-state index in [1.807, 2.05) is 25.1 Å². The second kappa shape index (κ2) is 5.28. The summed E-state index contributed by atoms with van der Waals surface area (Å²) >= 11 is 0.